The lowest BCUT2D eigenvalue weighted by molar-refractivity contribution is -0.143. The topological polar surface area (TPSA) is 406 Å². The lowest BCUT2D eigenvalue weighted by atomic mass is 9.68. The Morgan fingerprint density at radius 2 is 0.675 bits per heavy atom. The number of piperidine rings is 6. The van der Waals surface area contributed by atoms with Gasteiger partial charge in [0, 0.05) is 98.8 Å². The molecule has 6 aliphatic carbocycles. The van der Waals surface area contributed by atoms with Crippen LogP contribution in [0, 0.1) is 35.5 Å². The van der Waals surface area contributed by atoms with Crippen LogP contribution in [0.25, 0.3) is 33.1 Å². The zero-order valence-corrected chi connectivity index (χ0v) is 71.1. The second-order valence-electron chi connectivity index (χ2n) is 37.8. The maximum absolute atomic E-state index is 14.3. The normalized spacial score (nSPS) is 30.3. The van der Waals surface area contributed by atoms with Crippen LogP contribution in [-0.4, -0.2) is 193 Å². The van der Waals surface area contributed by atoms with Gasteiger partial charge in [-0.25, -0.2) is 24.5 Å². The number of rotatable bonds is 25. The van der Waals surface area contributed by atoms with E-state index in [9.17, 15) is 48.3 Å². The van der Waals surface area contributed by atoms with E-state index >= 15 is 0 Å². The summed E-state index contributed by atoms with van der Waals surface area (Å²) in [5.74, 6) is -0.159. The van der Waals surface area contributed by atoms with E-state index in [1.54, 1.807) is 17.7 Å². The molecule has 3 aromatic heterocycles. The van der Waals surface area contributed by atoms with Crippen LogP contribution in [0.4, 0.5) is 0 Å². The smallest absolute Gasteiger partial charge is 0.344 e. The third kappa shape index (κ3) is 19.8. The summed E-state index contributed by atoms with van der Waals surface area (Å²) < 4.78 is 5.60. The van der Waals surface area contributed by atoms with Crippen LogP contribution in [0.1, 0.15) is 279 Å². The Morgan fingerprint density at radius 3 is 1.01 bits per heavy atom. The molecular weight excluding hydrogens is 1570 g/mol. The minimum atomic E-state index is -1.26. The van der Waals surface area contributed by atoms with Gasteiger partial charge in [0.1, 0.15) is 11.4 Å². The number of aromatic nitrogens is 6. The molecule has 8 N–H and O–H groups in total. The summed E-state index contributed by atoms with van der Waals surface area (Å²) in [6, 6.07) is 27.3. The standard InChI is InChI=1S/2C32H43N5O5.C29H37N5O5/c1-33-29(38)13-12-27(35-42-19-30(39)40)31-32(41)37(28-11-3-2-10-26(28)34-31)25-17-22-8-5-9-23(18-25)36(22)24-15-20-6-4-7-21(14-20)16-24;33-29(38)19-42-35-27(12-13-30(39)40)31-32(41)37(28-11-4-3-10-26(28)34-31)25-17-22-8-5-9-23(18-25)36(22)24-15-20-6-1-2-7-21(14-20)16-24;30-28(37)26(32-39-16-25(35)36)27-29(38)34(24-10-2-1-9-23(24)31-27)22-14-19-7-4-8-20(15-22)33(19)21-12-17-5-3-6-18(11-17)13-21/h2-3,10-11,20-25H,4-9,12-19H2,1H3,(H,33,38)(H,39,40);3-4,10-11,20-25H,1-2,5-9,12-19H2,(H2,33,38)(H,39,40);1-2,9-10,17-22H,3-8,11-16H2,(H2,30,37)(H,35,36)/b2*35-27+;32-26-. The third-order valence-corrected chi connectivity index (χ3v) is 29.9. The second-order valence-corrected chi connectivity index (χ2v) is 37.8. The molecule has 0 radical (unpaired) electrons. The summed E-state index contributed by atoms with van der Waals surface area (Å²) in [5.41, 5.74) is 13.7. The van der Waals surface area contributed by atoms with Crippen LogP contribution in [0.2, 0.25) is 0 Å². The molecule has 660 valence electrons. The quantitative estimate of drug-likeness (QED) is 0.0229. The molecule has 6 saturated heterocycles. The van der Waals surface area contributed by atoms with E-state index in [1.165, 1.54) is 154 Å². The number of nitrogens with two attached hydrogens (primary N) is 2. The highest BCUT2D eigenvalue weighted by Crippen LogP contribution is 2.52. The SMILES string of the molecule is CNC(=O)CC/C(=N\OCC(=O)O)c1nc2ccccc2n(C2CC3CCCC(C2)N3C2CC3CCCC(C3)C2)c1=O.NC(=O)/C(=N\OCC(=O)O)c1nc2ccccc2n(C2CC3CCCC(C2)N3C2CC3CCCC(C3)C2)c1=O.NC(=O)CO/N=C(\CCC(=O)O)c1nc2ccccc2n(C2CC3CCCC(C2)N3C2CC3CCCCC(C3)C2)c1=O. The number of para-hydroxylation sites is 6. The van der Waals surface area contributed by atoms with E-state index in [0.29, 0.717) is 76.4 Å². The predicted molar refractivity (Wildman–Crippen MR) is 464 cm³/mol. The van der Waals surface area contributed by atoms with Gasteiger partial charge in [0.25, 0.3) is 28.5 Å². The molecule has 123 heavy (non-hydrogen) atoms. The van der Waals surface area contributed by atoms with Crippen molar-refractivity contribution in [3.05, 3.63) is 121 Å². The molecular formula is C93H123N15O15. The average Bonchev–Trinajstić information content (AvgIpc) is 0.851. The van der Waals surface area contributed by atoms with Crippen molar-refractivity contribution in [2.75, 3.05) is 26.9 Å². The molecule has 12 fully saturated rings. The molecule has 3 amide bonds. The van der Waals surface area contributed by atoms with Crippen molar-refractivity contribution in [3.63, 3.8) is 0 Å². The van der Waals surface area contributed by atoms with E-state index in [-0.39, 0.29) is 89.3 Å². The molecule has 3 aromatic carbocycles. The highest BCUT2D eigenvalue weighted by molar-refractivity contribution is 6.44. The number of fused-ring (bicyclic) bond motifs is 15. The van der Waals surface area contributed by atoms with Crippen LogP contribution < -0.4 is 33.5 Å². The molecule has 18 rings (SSSR count). The first kappa shape index (κ1) is 86.7. The van der Waals surface area contributed by atoms with Gasteiger partial charge in [-0.1, -0.05) is 135 Å². The van der Waals surface area contributed by atoms with Crippen LogP contribution in [0.5, 0.6) is 0 Å². The fourth-order valence-electron chi connectivity index (χ4n) is 25.4. The van der Waals surface area contributed by atoms with E-state index in [4.69, 9.17) is 41.2 Å². The maximum Gasteiger partial charge on any atom is 0.344 e. The number of primary amides is 2. The van der Waals surface area contributed by atoms with Gasteiger partial charge >= 0.3 is 17.9 Å². The molecule has 6 saturated carbocycles. The largest absolute Gasteiger partial charge is 0.481 e. The summed E-state index contributed by atoms with van der Waals surface area (Å²) in [7, 11) is 1.55. The molecule has 6 aromatic rings. The number of carbonyl (C=O) groups is 6. The Labute approximate surface area is 716 Å². The average molecular weight is 1690 g/mol. The third-order valence-electron chi connectivity index (χ3n) is 29.9. The van der Waals surface area contributed by atoms with Gasteiger partial charge in [0.15, 0.2) is 29.4 Å². The zero-order chi connectivity index (χ0) is 85.5. The summed E-state index contributed by atoms with van der Waals surface area (Å²) in [4.78, 5) is 149. The molecule has 30 nitrogen and oxygen atoms in total. The number of carboxylic acid groups (broad SMARTS) is 3. The molecule has 12 bridgehead atoms. The summed E-state index contributed by atoms with van der Waals surface area (Å²) in [5, 5.41) is 41.5. The van der Waals surface area contributed by atoms with Gasteiger partial charge in [-0.05, 0) is 207 Å². The fourth-order valence-corrected chi connectivity index (χ4v) is 25.4. The van der Waals surface area contributed by atoms with E-state index < -0.39 is 60.8 Å². The number of aliphatic carboxylic acids is 3. The van der Waals surface area contributed by atoms with Crippen LogP contribution in [0.3, 0.4) is 0 Å². The maximum atomic E-state index is 14.3. The number of carbonyl (C=O) groups excluding carboxylic acids is 3. The number of nitrogens with one attached hydrogen (secondary N) is 1. The van der Waals surface area contributed by atoms with Crippen molar-refractivity contribution in [3.8, 4) is 0 Å². The van der Waals surface area contributed by atoms with Crippen LogP contribution >= 0.6 is 0 Å². The summed E-state index contributed by atoms with van der Waals surface area (Å²) in [6.45, 7) is -1.87. The lowest BCUT2D eigenvalue weighted by Crippen LogP contribution is -2.58. The molecule has 12 atom stereocenters. The highest BCUT2D eigenvalue weighted by atomic mass is 16.6. The fraction of sp³-hybridized carbons (Fsp3) is 0.645. The van der Waals surface area contributed by atoms with Crippen molar-refractivity contribution < 1.29 is 58.6 Å². The number of benzene rings is 3. The number of oxime groups is 3. The van der Waals surface area contributed by atoms with Gasteiger partial charge in [-0.3, -0.25) is 48.3 Å². The van der Waals surface area contributed by atoms with Crippen LogP contribution in [-0.2, 0) is 43.3 Å². The predicted octanol–water partition coefficient (Wildman–Crippen LogP) is 11.9. The number of nitrogens with zero attached hydrogens (tertiary/aromatic N) is 12. The van der Waals surface area contributed by atoms with Crippen molar-refractivity contribution >= 4 is 85.9 Å². The highest BCUT2D eigenvalue weighted by Gasteiger charge is 2.50. The first-order valence-electron chi connectivity index (χ1n) is 46.1. The molecule has 0 spiro atoms. The Morgan fingerprint density at radius 1 is 0.366 bits per heavy atom. The van der Waals surface area contributed by atoms with Crippen molar-refractivity contribution in [2.24, 2.45) is 62.4 Å². The van der Waals surface area contributed by atoms with E-state index in [0.717, 1.165) is 111 Å². The molecule has 30 heteroatoms. The minimum Gasteiger partial charge on any atom is -0.481 e. The Balaban J connectivity index is 0.000000137. The van der Waals surface area contributed by atoms with Gasteiger partial charge in [-0.15, -0.1) is 0 Å². The van der Waals surface area contributed by atoms with E-state index in [2.05, 4.69) is 45.5 Å². The number of amides is 3. The van der Waals surface area contributed by atoms with Gasteiger partial charge in [0.2, 0.25) is 19.1 Å². The van der Waals surface area contributed by atoms with Crippen molar-refractivity contribution in [2.45, 2.75) is 316 Å². The first-order chi connectivity index (χ1) is 59.7. The molecule has 6 aliphatic heterocycles. The molecule has 12 unspecified atom stereocenters. The number of carboxylic acids is 3. The van der Waals surface area contributed by atoms with Crippen molar-refractivity contribution in [1.29, 1.82) is 0 Å². The summed E-state index contributed by atoms with van der Waals surface area (Å²) >= 11 is 0. The minimum absolute atomic E-state index is 0.00818. The van der Waals surface area contributed by atoms with E-state index in [1.807, 2.05) is 75.9 Å². The van der Waals surface area contributed by atoms with Gasteiger partial charge < -0.3 is 60.3 Å². The first-order valence-corrected chi connectivity index (χ1v) is 46.1. The van der Waals surface area contributed by atoms with Gasteiger partial charge in [-0.2, -0.15) is 0 Å². The molecule has 12 aliphatic rings. The molecule has 9 heterocycles. The number of hydrogen-bond donors (Lipinski definition) is 6. The Bertz CT molecular complexity index is 5080. The van der Waals surface area contributed by atoms with Gasteiger partial charge in [0.05, 0.1) is 39.5 Å². The lowest BCUT2D eigenvalue weighted by Gasteiger charge is -2.55. The van der Waals surface area contributed by atoms with Crippen LogP contribution in [0.15, 0.2) is 103 Å². The monoisotopic (exact) mass is 1690 g/mol. The Hall–Kier alpha value is -9.81. The van der Waals surface area contributed by atoms with Crippen molar-refractivity contribution in [1.82, 2.24) is 48.7 Å². The summed E-state index contributed by atoms with van der Waals surface area (Å²) in [6.07, 6.45) is 41.9. The number of hydrogen-bond acceptors (Lipinski definition) is 21. The zero-order valence-electron chi connectivity index (χ0n) is 71.1. The Kier molecular flexibility index (Phi) is 27.6. The second kappa shape index (κ2) is 39.2.